The molecule has 1 aliphatic rings. The second-order valence-electron chi connectivity index (χ2n) is 3.13. The molecule has 66 valence electrons. The standard InChI is InChI=1S/C8H12N2S2/c1-6-9-8(12-10-6)11-7-4-2-3-5-7/h7H,2-5H2,1H3. The lowest BCUT2D eigenvalue weighted by Gasteiger charge is -2.02. The van der Waals surface area contributed by atoms with Crippen LogP contribution in [-0.2, 0) is 0 Å². The predicted octanol–water partition coefficient (Wildman–Crippen LogP) is 2.88. The van der Waals surface area contributed by atoms with Crippen molar-refractivity contribution < 1.29 is 0 Å². The van der Waals surface area contributed by atoms with Gasteiger partial charge in [-0.25, -0.2) is 4.98 Å². The topological polar surface area (TPSA) is 25.8 Å². The monoisotopic (exact) mass is 200 g/mol. The summed E-state index contributed by atoms with van der Waals surface area (Å²) in [5, 5.41) is 0.817. The molecular weight excluding hydrogens is 188 g/mol. The Labute approximate surface area is 81.0 Å². The Balaban J connectivity index is 1.94. The Bertz CT molecular complexity index is 253. The van der Waals surface area contributed by atoms with Crippen LogP contribution in [0.25, 0.3) is 0 Å². The average Bonchev–Trinajstić information content (AvgIpc) is 2.63. The minimum absolute atomic E-state index is 0.817. The number of thioether (sulfide) groups is 1. The van der Waals surface area contributed by atoms with E-state index in [0.29, 0.717) is 0 Å². The number of hydrogen-bond donors (Lipinski definition) is 0. The molecule has 0 aromatic carbocycles. The number of aromatic nitrogens is 2. The molecule has 0 saturated heterocycles. The van der Waals surface area contributed by atoms with Crippen LogP contribution in [0.15, 0.2) is 4.34 Å². The molecule has 0 atom stereocenters. The van der Waals surface area contributed by atoms with Crippen molar-refractivity contribution in [2.75, 3.05) is 0 Å². The van der Waals surface area contributed by atoms with Gasteiger partial charge in [-0.3, -0.25) is 0 Å². The Hall–Kier alpha value is -0.0900. The van der Waals surface area contributed by atoms with Crippen molar-refractivity contribution in [2.24, 2.45) is 0 Å². The van der Waals surface area contributed by atoms with Gasteiger partial charge in [0.05, 0.1) is 0 Å². The van der Waals surface area contributed by atoms with Crippen LogP contribution in [-0.4, -0.2) is 14.6 Å². The molecule has 0 radical (unpaired) electrons. The molecule has 1 aromatic heterocycles. The molecule has 1 aromatic rings. The highest BCUT2D eigenvalue weighted by molar-refractivity contribution is 8.01. The van der Waals surface area contributed by atoms with Crippen molar-refractivity contribution in [3.05, 3.63) is 5.82 Å². The van der Waals surface area contributed by atoms with Crippen LogP contribution in [0, 0.1) is 6.92 Å². The quantitative estimate of drug-likeness (QED) is 0.734. The van der Waals surface area contributed by atoms with Gasteiger partial charge in [0.1, 0.15) is 5.82 Å². The van der Waals surface area contributed by atoms with Crippen LogP contribution in [0.4, 0.5) is 0 Å². The van der Waals surface area contributed by atoms with Crippen molar-refractivity contribution >= 4 is 23.3 Å². The molecule has 2 rings (SSSR count). The molecule has 1 heterocycles. The highest BCUT2D eigenvalue weighted by atomic mass is 32.2. The van der Waals surface area contributed by atoms with E-state index >= 15 is 0 Å². The Morgan fingerprint density at radius 1 is 1.42 bits per heavy atom. The number of aryl methyl sites for hydroxylation is 1. The van der Waals surface area contributed by atoms with E-state index in [1.807, 2.05) is 18.7 Å². The number of rotatable bonds is 2. The van der Waals surface area contributed by atoms with Gasteiger partial charge in [-0.05, 0) is 31.3 Å². The molecule has 0 bridgehead atoms. The van der Waals surface area contributed by atoms with Gasteiger partial charge in [0.2, 0.25) is 0 Å². The van der Waals surface area contributed by atoms with E-state index in [4.69, 9.17) is 0 Å². The smallest absolute Gasteiger partial charge is 0.170 e. The average molecular weight is 200 g/mol. The van der Waals surface area contributed by atoms with Gasteiger partial charge in [-0.2, -0.15) is 4.37 Å². The highest BCUT2D eigenvalue weighted by Gasteiger charge is 2.17. The molecule has 1 aliphatic carbocycles. The van der Waals surface area contributed by atoms with E-state index in [-0.39, 0.29) is 0 Å². The molecule has 0 amide bonds. The highest BCUT2D eigenvalue weighted by Crippen LogP contribution is 2.35. The molecule has 0 unspecified atom stereocenters. The predicted molar refractivity (Wildman–Crippen MR) is 52.8 cm³/mol. The minimum atomic E-state index is 0.817. The molecule has 0 spiro atoms. The minimum Gasteiger partial charge on any atom is -0.213 e. The molecule has 4 heteroatoms. The Morgan fingerprint density at radius 3 is 2.75 bits per heavy atom. The van der Waals surface area contributed by atoms with Crippen molar-refractivity contribution in [3.8, 4) is 0 Å². The van der Waals surface area contributed by atoms with Gasteiger partial charge in [0.15, 0.2) is 4.34 Å². The van der Waals surface area contributed by atoms with Gasteiger partial charge in [-0.1, -0.05) is 24.6 Å². The van der Waals surface area contributed by atoms with Crippen molar-refractivity contribution in [1.29, 1.82) is 0 Å². The molecule has 0 N–H and O–H groups in total. The summed E-state index contributed by atoms with van der Waals surface area (Å²) in [6.45, 7) is 1.95. The van der Waals surface area contributed by atoms with E-state index in [1.54, 1.807) is 0 Å². The summed E-state index contributed by atoms with van der Waals surface area (Å²) in [6.07, 6.45) is 5.53. The maximum atomic E-state index is 4.34. The van der Waals surface area contributed by atoms with Crippen LogP contribution in [0.5, 0.6) is 0 Å². The molecule has 12 heavy (non-hydrogen) atoms. The Kier molecular flexibility index (Phi) is 2.66. The fourth-order valence-corrected chi connectivity index (χ4v) is 3.63. The molecule has 0 aliphatic heterocycles. The molecular formula is C8H12N2S2. The number of hydrogen-bond acceptors (Lipinski definition) is 4. The molecule has 1 fully saturated rings. The first kappa shape index (κ1) is 8.51. The second-order valence-corrected chi connectivity index (χ2v) is 5.43. The van der Waals surface area contributed by atoms with Gasteiger partial charge in [0, 0.05) is 5.25 Å². The van der Waals surface area contributed by atoms with E-state index in [0.717, 1.165) is 15.4 Å². The van der Waals surface area contributed by atoms with Crippen LogP contribution in [0.3, 0.4) is 0 Å². The van der Waals surface area contributed by atoms with Crippen molar-refractivity contribution in [2.45, 2.75) is 42.2 Å². The van der Waals surface area contributed by atoms with Crippen LogP contribution < -0.4 is 0 Å². The third kappa shape index (κ3) is 1.98. The van der Waals surface area contributed by atoms with E-state index in [9.17, 15) is 0 Å². The lowest BCUT2D eigenvalue weighted by molar-refractivity contribution is 0.886. The van der Waals surface area contributed by atoms with E-state index in [1.165, 1.54) is 37.2 Å². The second kappa shape index (κ2) is 3.75. The van der Waals surface area contributed by atoms with Gasteiger partial charge < -0.3 is 0 Å². The van der Waals surface area contributed by atoms with Gasteiger partial charge in [0.25, 0.3) is 0 Å². The lowest BCUT2D eigenvalue weighted by atomic mass is 10.4. The summed E-state index contributed by atoms with van der Waals surface area (Å²) >= 11 is 3.46. The van der Waals surface area contributed by atoms with Crippen LogP contribution in [0.2, 0.25) is 0 Å². The third-order valence-electron chi connectivity index (χ3n) is 2.08. The van der Waals surface area contributed by atoms with Crippen LogP contribution >= 0.6 is 23.3 Å². The zero-order chi connectivity index (χ0) is 8.39. The maximum Gasteiger partial charge on any atom is 0.170 e. The fraction of sp³-hybridized carbons (Fsp3) is 0.750. The third-order valence-corrected chi connectivity index (χ3v) is 4.29. The van der Waals surface area contributed by atoms with Gasteiger partial charge in [-0.15, -0.1) is 0 Å². The summed E-state index contributed by atoms with van der Waals surface area (Å²) in [7, 11) is 0. The van der Waals surface area contributed by atoms with Gasteiger partial charge >= 0.3 is 0 Å². The first-order chi connectivity index (χ1) is 5.84. The normalized spacial score (nSPS) is 18.8. The zero-order valence-electron chi connectivity index (χ0n) is 7.12. The van der Waals surface area contributed by atoms with Crippen LogP contribution in [0.1, 0.15) is 31.5 Å². The summed E-state index contributed by atoms with van der Waals surface area (Å²) < 4.78 is 5.32. The summed E-state index contributed by atoms with van der Waals surface area (Å²) in [5.41, 5.74) is 0. The zero-order valence-corrected chi connectivity index (χ0v) is 8.75. The summed E-state index contributed by atoms with van der Waals surface area (Å²) in [5.74, 6) is 0.917. The van der Waals surface area contributed by atoms with Crippen molar-refractivity contribution in [3.63, 3.8) is 0 Å². The summed E-state index contributed by atoms with van der Waals surface area (Å²) in [4.78, 5) is 4.34. The maximum absolute atomic E-state index is 4.34. The first-order valence-corrected chi connectivity index (χ1v) is 5.97. The summed E-state index contributed by atoms with van der Waals surface area (Å²) in [6, 6.07) is 0. The van der Waals surface area contributed by atoms with E-state index < -0.39 is 0 Å². The Morgan fingerprint density at radius 2 is 2.17 bits per heavy atom. The van der Waals surface area contributed by atoms with Crippen molar-refractivity contribution in [1.82, 2.24) is 9.36 Å². The SMILES string of the molecule is Cc1nsc(SC2CCCC2)n1. The number of nitrogens with zero attached hydrogens (tertiary/aromatic N) is 2. The molecule has 1 saturated carbocycles. The largest absolute Gasteiger partial charge is 0.213 e. The molecule has 2 nitrogen and oxygen atoms in total. The lowest BCUT2D eigenvalue weighted by Crippen LogP contribution is -1.92. The van der Waals surface area contributed by atoms with E-state index in [2.05, 4.69) is 9.36 Å². The fourth-order valence-electron chi connectivity index (χ4n) is 1.47. The first-order valence-electron chi connectivity index (χ1n) is 4.31.